The minimum atomic E-state index is -3.57. The molecule has 1 aliphatic carbocycles. The maximum absolute atomic E-state index is 13.2. The van der Waals surface area contributed by atoms with E-state index in [-0.39, 0.29) is 16.3 Å². The number of nitrogens with one attached hydrogen (secondary N) is 1. The SMILES string of the molecule is O=C(NCC1(N2CCOCC2)CCCCC1)c1cccc(S(=O)(=O)N2CCCCCC2)c1. The van der Waals surface area contributed by atoms with Crippen molar-refractivity contribution in [3.8, 4) is 0 Å². The highest BCUT2D eigenvalue weighted by atomic mass is 32.2. The summed E-state index contributed by atoms with van der Waals surface area (Å²) in [4.78, 5) is 15.8. The van der Waals surface area contributed by atoms with Gasteiger partial charge in [-0.05, 0) is 43.9 Å². The first-order valence-corrected chi connectivity index (χ1v) is 13.7. The molecule has 8 heteroatoms. The number of sulfonamides is 1. The van der Waals surface area contributed by atoms with Crippen LogP contribution in [0.3, 0.4) is 0 Å². The molecule has 3 aliphatic rings. The third kappa shape index (κ3) is 5.35. The van der Waals surface area contributed by atoms with Gasteiger partial charge in [-0.1, -0.05) is 38.2 Å². The minimum absolute atomic E-state index is 0.0204. The predicted molar refractivity (Wildman–Crippen MR) is 124 cm³/mol. The topological polar surface area (TPSA) is 79.0 Å². The van der Waals surface area contributed by atoms with Gasteiger partial charge >= 0.3 is 0 Å². The van der Waals surface area contributed by atoms with E-state index in [0.717, 1.165) is 64.8 Å². The number of hydrogen-bond donors (Lipinski definition) is 1. The number of amides is 1. The molecule has 178 valence electrons. The maximum atomic E-state index is 13.2. The van der Waals surface area contributed by atoms with Gasteiger partial charge in [0, 0.05) is 43.8 Å². The van der Waals surface area contributed by atoms with Crippen LogP contribution >= 0.6 is 0 Å². The normalized spacial score (nSPS) is 23.4. The smallest absolute Gasteiger partial charge is 0.251 e. The van der Waals surface area contributed by atoms with Crippen LogP contribution in [0.5, 0.6) is 0 Å². The van der Waals surface area contributed by atoms with Gasteiger partial charge in [-0.15, -0.1) is 0 Å². The minimum Gasteiger partial charge on any atom is -0.379 e. The second kappa shape index (κ2) is 10.6. The van der Waals surface area contributed by atoms with E-state index in [1.807, 2.05) is 0 Å². The molecule has 0 radical (unpaired) electrons. The largest absolute Gasteiger partial charge is 0.379 e. The van der Waals surface area contributed by atoms with Crippen LogP contribution in [0, 0.1) is 0 Å². The summed E-state index contributed by atoms with van der Waals surface area (Å²) < 4.78 is 33.4. The van der Waals surface area contributed by atoms with E-state index in [1.54, 1.807) is 22.5 Å². The summed E-state index contributed by atoms with van der Waals surface area (Å²) in [5.74, 6) is -0.198. The molecule has 0 spiro atoms. The zero-order valence-corrected chi connectivity index (χ0v) is 19.9. The highest BCUT2D eigenvalue weighted by Gasteiger charge is 2.39. The molecule has 7 nitrogen and oxygen atoms in total. The van der Waals surface area contributed by atoms with Gasteiger partial charge in [-0.3, -0.25) is 9.69 Å². The summed E-state index contributed by atoms with van der Waals surface area (Å²) in [5.41, 5.74) is 0.391. The fraction of sp³-hybridized carbons (Fsp3) is 0.708. The number of ether oxygens (including phenoxy) is 1. The number of carbonyl (C=O) groups is 1. The van der Waals surface area contributed by atoms with Crippen molar-refractivity contribution in [2.24, 2.45) is 0 Å². The Kier molecular flexibility index (Phi) is 7.87. The first kappa shape index (κ1) is 23.7. The van der Waals surface area contributed by atoms with Crippen molar-refractivity contribution in [2.45, 2.75) is 68.2 Å². The summed E-state index contributed by atoms with van der Waals surface area (Å²) >= 11 is 0. The number of benzene rings is 1. The number of hydrogen-bond acceptors (Lipinski definition) is 5. The lowest BCUT2D eigenvalue weighted by Gasteiger charge is -2.48. The highest BCUT2D eigenvalue weighted by molar-refractivity contribution is 7.89. The standard InChI is InChI=1S/C24H37N3O4S/c28-23(25-20-24(11-4-3-5-12-24)26-15-17-31-18-16-26)21-9-8-10-22(19-21)32(29,30)27-13-6-1-2-7-14-27/h8-10,19H,1-7,11-18,20H2,(H,25,28). The Morgan fingerprint density at radius 3 is 2.28 bits per heavy atom. The zero-order chi connectivity index (χ0) is 22.4. The summed E-state index contributed by atoms with van der Waals surface area (Å²) in [7, 11) is -3.57. The Labute approximate surface area is 192 Å². The monoisotopic (exact) mass is 463 g/mol. The van der Waals surface area contributed by atoms with Gasteiger partial charge in [0.05, 0.1) is 18.1 Å². The van der Waals surface area contributed by atoms with Gasteiger partial charge in [0.2, 0.25) is 10.0 Å². The fourth-order valence-electron chi connectivity index (χ4n) is 5.43. The van der Waals surface area contributed by atoms with E-state index in [0.29, 0.717) is 25.2 Å². The fourth-order valence-corrected chi connectivity index (χ4v) is 6.99. The summed E-state index contributed by atoms with van der Waals surface area (Å²) in [5, 5.41) is 3.15. The molecule has 0 aromatic heterocycles. The van der Waals surface area contributed by atoms with Crippen LogP contribution in [0.2, 0.25) is 0 Å². The second-order valence-corrected chi connectivity index (χ2v) is 11.4. The number of rotatable bonds is 6. The van der Waals surface area contributed by atoms with E-state index < -0.39 is 10.0 Å². The van der Waals surface area contributed by atoms with Gasteiger partial charge in [0.1, 0.15) is 0 Å². The van der Waals surface area contributed by atoms with E-state index in [9.17, 15) is 13.2 Å². The molecule has 32 heavy (non-hydrogen) atoms. The first-order valence-electron chi connectivity index (χ1n) is 12.2. The van der Waals surface area contributed by atoms with Crippen LogP contribution in [0.1, 0.15) is 68.1 Å². The lowest BCUT2D eigenvalue weighted by atomic mass is 9.79. The third-order valence-corrected chi connectivity index (χ3v) is 9.24. The molecule has 1 amide bonds. The molecule has 4 rings (SSSR count). The van der Waals surface area contributed by atoms with Crippen molar-refractivity contribution in [2.75, 3.05) is 45.9 Å². The lowest BCUT2D eigenvalue weighted by Crippen LogP contribution is -2.59. The first-order chi connectivity index (χ1) is 15.5. The van der Waals surface area contributed by atoms with Crippen molar-refractivity contribution < 1.29 is 17.9 Å². The van der Waals surface area contributed by atoms with Gasteiger partial charge in [-0.2, -0.15) is 4.31 Å². The summed E-state index contributed by atoms with van der Waals surface area (Å²) in [6.07, 6.45) is 9.68. The molecule has 0 bridgehead atoms. The molecule has 1 saturated carbocycles. The van der Waals surface area contributed by atoms with Crippen LogP contribution in [0.25, 0.3) is 0 Å². The highest BCUT2D eigenvalue weighted by Crippen LogP contribution is 2.34. The predicted octanol–water partition coefficient (Wildman–Crippen LogP) is 3.02. The zero-order valence-electron chi connectivity index (χ0n) is 19.1. The van der Waals surface area contributed by atoms with Gasteiger partial charge in [-0.25, -0.2) is 8.42 Å². The van der Waals surface area contributed by atoms with Gasteiger partial charge in [0.15, 0.2) is 0 Å². The average molecular weight is 464 g/mol. The van der Waals surface area contributed by atoms with Crippen LogP contribution in [-0.4, -0.2) is 75.0 Å². The molecule has 2 heterocycles. The molecular formula is C24H37N3O4S. The molecular weight excluding hydrogens is 426 g/mol. The molecule has 1 aromatic carbocycles. The summed E-state index contributed by atoms with van der Waals surface area (Å²) in [6, 6.07) is 6.53. The molecule has 2 saturated heterocycles. The molecule has 1 aromatic rings. The Morgan fingerprint density at radius 1 is 0.938 bits per heavy atom. The molecule has 0 unspecified atom stereocenters. The molecule has 1 N–H and O–H groups in total. The Morgan fingerprint density at radius 2 is 1.59 bits per heavy atom. The van der Waals surface area contributed by atoms with Crippen molar-refractivity contribution in [3.05, 3.63) is 29.8 Å². The summed E-state index contributed by atoms with van der Waals surface area (Å²) in [6.45, 7) is 4.99. The van der Waals surface area contributed by atoms with Crippen LogP contribution in [-0.2, 0) is 14.8 Å². The quantitative estimate of drug-likeness (QED) is 0.702. The van der Waals surface area contributed by atoms with E-state index in [2.05, 4.69) is 10.2 Å². The Bertz CT molecular complexity index is 869. The van der Waals surface area contributed by atoms with Crippen molar-refractivity contribution in [1.29, 1.82) is 0 Å². The lowest BCUT2D eigenvalue weighted by molar-refractivity contribution is -0.0361. The van der Waals surface area contributed by atoms with Crippen LogP contribution in [0.15, 0.2) is 29.2 Å². The number of morpholine rings is 1. The second-order valence-electron chi connectivity index (χ2n) is 9.41. The van der Waals surface area contributed by atoms with Crippen molar-refractivity contribution in [3.63, 3.8) is 0 Å². The third-order valence-electron chi connectivity index (χ3n) is 7.34. The van der Waals surface area contributed by atoms with E-state index in [1.165, 1.54) is 25.3 Å². The molecule has 0 atom stereocenters. The maximum Gasteiger partial charge on any atom is 0.251 e. The van der Waals surface area contributed by atoms with E-state index >= 15 is 0 Å². The number of carbonyl (C=O) groups excluding carboxylic acids is 1. The Hall–Kier alpha value is -1.48. The average Bonchev–Trinajstić information content (AvgIpc) is 3.14. The van der Waals surface area contributed by atoms with Crippen LogP contribution < -0.4 is 5.32 Å². The van der Waals surface area contributed by atoms with Gasteiger partial charge in [0.25, 0.3) is 5.91 Å². The molecule has 2 aliphatic heterocycles. The van der Waals surface area contributed by atoms with Gasteiger partial charge < -0.3 is 10.1 Å². The van der Waals surface area contributed by atoms with Crippen molar-refractivity contribution in [1.82, 2.24) is 14.5 Å². The van der Waals surface area contributed by atoms with Crippen molar-refractivity contribution >= 4 is 15.9 Å². The molecule has 3 fully saturated rings. The van der Waals surface area contributed by atoms with Crippen LogP contribution in [0.4, 0.5) is 0 Å². The Balaban J connectivity index is 1.46. The van der Waals surface area contributed by atoms with E-state index in [4.69, 9.17) is 4.74 Å². The number of nitrogens with zero attached hydrogens (tertiary/aromatic N) is 2.